The molecule has 0 aliphatic carbocycles. The second-order valence-corrected chi connectivity index (χ2v) is 4.45. The van der Waals surface area contributed by atoms with E-state index in [2.05, 4.69) is 4.98 Å². The predicted octanol–water partition coefficient (Wildman–Crippen LogP) is 3.21. The van der Waals surface area contributed by atoms with Gasteiger partial charge < -0.3 is 0 Å². The average molecular weight is 235 g/mol. The van der Waals surface area contributed by atoms with Crippen LogP contribution in [0.2, 0.25) is 0 Å². The van der Waals surface area contributed by atoms with Crippen LogP contribution in [0.25, 0.3) is 10.9 Å². The van der Waals surface area contributed by atoms with Crippen LogP contribution in [-0.2, 0) is 4.79 Å². The lowest BCUT2D eigenvalue weighted by Crippen LogP contribution is -2.06. The molecule has 0 saturated heterocycles. The summed E-state index contributed by atoms with van der Waals surface area (Å²) in [6.45, 7) is 1.23. The fourth-order valence-corrected chi connectivity index (χ4v) is 1.98. The SMILES string of the molecule is CC(=O)C(F)Sc1ccc2ccccc2n1. The van der Waals surface area contributed by atoms with Gasteiger partial charge in [0.1, 0.15) is 0 Å². The molecule has 0 fully saturated rings. The third-order valence-corrected chi connectivity index (χ3v) is 3.12. The number of aromatic nitrogens is 1. The number of pyridine rings is 1. The number of halogens is 1. The summed E-state index contributed by atoms with van der Waals surface area (Å²) in [6.07, 6.45) is 0. The first-order valence-corrected chi connectivity index (χ1v) is 5.72. The predicted molar refractivity (Wildman–Crippen MR) is 63.2 cm³/mol. The molecule has 2 rings (SSSR count). The van der Waals surface area contributed by atoms with Crippen molar-refractivity contribution in [3.05, 3.63) is 36.4 Å². The molecule has 1 heterocycles. The Morgan fingerprint density at radius 3 is 2.81 bits per heavy atom. The molecule has 1 atom stereocenters. The molecular formula is C12H10FNOS. The van der Waals surface area contributed by atoms with Gasteiger partial charge in [0.05, 0.1) is 10.5 Å². The highest BCUT2D eigenvalue weighted by atomic mass is 32.2. The lowest BCUT2D eigenvalue weighted by Gasteiger charge is -2.04. The van der Waals surface area contributed by atoms with Crippen LogP contribution in [0, 0.1) is 0 Å². The summed E-state index contributed by atoms with van der Waals surface area (Å²) in [7, 11) is 0. The fourth-order valence-electron chi connectivity index (χ4n) is 1.30. The molecule has 2 nitrogen and oxygen atoms in total. The van der Waals surface area contributed by atoms with Crippen LogP contribution in [0.5, 0.6) is 0 Å². The van der Waals surface area contributed by atoms with Crippen LogP contribution in [0.3, 0.4) is 0 Å². The van der Waals surface area contributed by atoms with Crippen LogP contribution in [-0.4, -0.2) is 16.3 Å². The van der Waals surface area contributed by atoms with Crippen molar-refractivity contribution >= 4 is 28.4 Å². The highest BCUT2D eigenvalue weighted by Gasteiger charge is 2.14. The van der Waals surface area contributed by atoms with E-state index in [0.29, 0.717) is 5.03 Å². The molecule has 0 aliphatic rings. The molecule has 82 valence electrons. The Hall–Kier alpha value is -1.42. The van der Waals surface area contributed by atoms with Gasteiger partial charge in [0.25, 0.3) is 0 Å². The van der Waals surface area contributed by atoms with E-state index in [1.807, 2.05) is 30.3 Å². The Bertz CT molecular complexity index is 529. The van der Waals surface area contributed by atoms with Crippen molar-refractivity contribution in [2.24, 2.45) is 0 Å². The van der Waals surface area contributed by atoms with Crippen LogP contribution in [0.4, 0.5) is 4.39 Å². The van der Waals surface area contributed by atoms with Crippen LogP contribution < -0.4 is 0 Å². The number of hydrogen-bond donors (Lipinski definition) is 0. The van der Waals surface area contributed by atoms with Gasteiger partial charge in [0.2, 0.25) is 5.50 Å². The van der Waals surface area contributed by atoms with Gasteiger partial charge in [-0.1, -0.05) is 36.0 Å². The number of hydrogen-bond acceptors (Lipinski definition) is 3. The summed E-state index contributed by atoms with van der Waals surface area (Å²) in [5.41, 5.74) is -0.725. The van der Waals surface area contributed by atoms with Crippen LogP contribution in [0.15, 0.2) is 41.4 Å². The Morgan fingerprint density at radius 1 is 1.31 bits per heavy atom. The minimum atomic E-state index is -1.53. The maximum atomic E-state index is 13.2. The van der Waals surface area contributed by atoms with Gasteiger partial charge in [0.15, 0.2) is 5.78 Å². The number of nitrogens with zero attached hydrogens (tertiary/aromatic N) is 1. The second-order valence-electron chi connectivity index (χ2n) is 3.39. The Labute approximate surface area is 96.9 Å². The van der Waals surface area contributed by atoms with E-state index in [1.165, 1.54) is 6.92 Å². The molecule has 16 heavy (non-hydrogen) atoms. The van der Waals surface area contributed by atoms with Crippen molar-refractivity contribution in [3.63, 3.8) is 0 Å². The molecule has 0 saturated carbocycles. The number of thioether (sulfide) groups is 1. The molecule has 0 aliphatic heterocycles. The van der Waals surface area contributed by atoms with Gasteiger partial charge in [-0.05, 0) is 19.1 Å². The third-order valence-electron chi connectivity index (χ3n) is 2.12. The van der Waals surface area contributed by atoms with Gasteiger partial charge in [-0.15, -0.1) is 0 Å². The molecule has 1 aromatic carbocycles. The highest BCUT2D eigenvalue weighted by molar-refractivity contribution is 8.00. The molecule has 0 bridgehead atoms. The van der Waals surface area contributed by atoms with Crippen LogP contribution >= 0.6 is 11.8 Å². The topological polar surface area (TPSA) is 30.0 Å². The van der Waals surface area contributed by atoms with E-state index >= 15 is 0 Å². The zero-order valence-electron chi connectivity index (χ0n) is 8.68. The van der Waals surface area contributed by atoms with Crippen molar-refractivity contribution in [2.75, 3.05) is 0 Å². The maximum Gasteiger partial charge on any atom is 0.209 e. The highest BCUT2D eigenvalue weighted by Crippen LogP contribution is 2.25. The molecule has 2 aromatic rings. The summed E-state index contributed by atoms with van der Waals surface area (Å²) in [5.74, 6) is -0.486. The quantitative estimate of drug-likeness (QED) is 0.765. The molecule has 0 amide bonds. The largest absolute Gasteiger partial charge is 0.296 e. The molecule has 0 N–H and O–H groups in total. The van der Waals surface area contributed by atoms with Crippen molar-refractivity contribution in [2.45, 2.75) is 17.5 Å². The molecule has 0 radical (unpaired) electrons. The monoisotopic (exact) mass is 235 g/mol. The first-order valence-electron chi connectivity index (χ1n) is 4.84. The number of rotatable bonds is 3. The summed E-state index contributed by atoms with van der Waals surface area (Å²) in [4.78, 5) is 15.1. The minimum Gasteiger partial charge on any atom is -0.296 e. The summed E-state index contributed by atoms with van der Waals surface area (Å²) < 4.78 is 13.2. The van der Waals surface area contributed by atoms with E-state index in [4.69, 9.17) is 0 Å². The number of Topliss-reactive ketones (excluding diaryl/α,β-unsaturated/α-hetero) is 1. The zero-order chi connectivity index (χ0) is 11.5. The summed E-state index contributed by atoms with van der Waals surface area (Å²) >= 11 is 0.839. The Kier molecular flexibility index (Phi) is 3.19. The number of ketones is 1. The number of alkyl halides is 1. The van der Waals surface area contributed by atoms with E-state index in [9.17, 15) is 9.18 Å². The molecular weight excluding hydrogens is 225 g/mol. The van der Waals surface area contributed by atoms with Crippen molar-refractivity contribution in [1.29, 1.82) is 0 Å². The van der Waals surface area contributed by atoms with Gasteiger partial charge in [-0.2, -0.15) is 0 Å². The number of carbonyl (C=O) groups excluding carboxylic acids is 1. The van der Waals surface area contributed by atoms with Crippen LogP contribution in [0.1, 0.15) is 6.92 Å². The third kappa shape index (κ3) is 2.39. The van der Waals surface area contributed by atoms with E-state index in [0.717, 1.165) is 22.7 Å². The van der Waals surface area contributed by atoms with Gasteiger partial charge in [0, 0.05) is 5.39 Å². The summed E-state index contributed by atoms with van der Waals surface area (Å²) in [6, 6.07) is 11.2. The molecule has 4 heteroatoms. The van der Waals surface area contributed by atoms with E-state index in [-0.39, 0.29) is 0 Å². The lowest BCUT2D eigenvalue weighted by atomic mass is 10.2. The smallest absolute Gasteiger partial charge is 0.209 e. The van der Waals surface area contributed by atoms with Gasteiger partial charge >= 0.3 is 0 Å². The normalized spacial score (nSPS) is 12.6. The first-order chi connectivity index (χ1) is 7.66. The fraction of sp³-hybridized carbons (Fsp3) is 0.167. The van der Waals surface area contributed by atoms with E-state index < -0.39 is 11.3 Å². The molecule has 0 spiro atoms. The standard InChI is InChI=1S/C12H10FNOS/c1-8(15)12(13)16-11-7-6-9-4-2-3-5-10(9)14-11/h2-7,12H,1H3. The minimum absolute atomic E-state index is 0.486. The number of para-hydroxylation sites is 1. The summed E-state index contributed by atoms with van der Waals surface area (Å²) in [5, 5.41) is 1.53. The molecule has 1 aromatic heterocycles. The maximum absolute atomic E-state index is 13.2. The average Bonchev–Trinajstić information content (AvgIpc) is 2.28. The second kappa shape index (κ2) is 4.61. The number of carbonyl (C=O) groups is 1. The first kappa shape index (κ1) is 11.1. The lowest BCUT2D eigenvalue weighted by molar-refractivity contribution is -0.118. The van der Waals surface area contributed by atoms with E-state index in [1.54, 1.807) is 6.07 Å². The zero-order valence-corrected chi connectivity index (χ0v) is 9.50. The number of fused-ring (bicyclic) bond motifs is 1. The van der Waals surface area contributed by atoms with Crippen molar-refractivity contribution in [3.8, 4) is 0 Å². The molecule has 1 unspecified atom stereocenters. The van der Waals surface area contributed by atoms with Gasteiger partial charge in [-0.3, -0.25) is 4.79 Å². The Morgan fingerprint density at radius 2 is 2.06 bits per heavy atom. The number of benzene rings is 1. The van der Waals surface area contributed by atoms with Crippen molar-refractivity contribution < 1.29 is 9.18 Å². The Balaban J connectivity index is 2.29. The van der Waals surface area contributed by atoms with Gasteiger partial charge in [-0.25, -0.2) is 9.37 Å². The van der Waals surface area contributed by atoms with Crippen molar-refractivity contribution in [1.82, 2.24) is 4.98 Å².